The molecule has 0 radical (unpaired) electrons. The smallest absolute Gasteiger partial charge is 0.114 e. The molecule has 0 saturated heterocycles. The molecule has 64 valence electrons. The highest BCUT2D eigenvalue weighted by atomic mass is 16.6. The van der Waals surface area contributed by atoms with Gasteiger partial charge >= 0.3 is 0 Å². The van der Waals surface area contributed by atoms with Gasteiger partial charge in [-0.3, -0.25) is 0 Å². The van der Waals surface area contributed by atoms with E-state index in [1.54, 1.807) is 6.21 Å². The molecule has 0 spiro atoms. The topological polar surface area (TPSA) is 21.6 Å². The van der Waals surface area contributed by atoms with E-state index in [0.717, 1.165) is 6.42 Å². The van der Waals surface area contributed by atoms with Gasteiger partial charge in [0.2, 0.25) is 0 Å². The van der Waals surface area contributed by atoms with Gasteiger partial charge in [-0.05, 0) is 12.5 Å². The van der Waals surface area contributed by atoms with Crippen molar-refractivity contribution in [3.63, 3.8) is 0 Å². The third-order valence-corrected chi connectivity index (χ3v) is 1.45. The predicted octanol–water partition coefficient (Wildman–Crippen LogP) is 2.25. The molecule has 0 heterocycles. The minimum atomic E-state index is 0.630. The molecule has 0 aliphatic heterocycles. The van der Waals surface area contributed by atoms with Crippen molar-refractivity contribution in [2.45, 2.75) is 13.3 Å². The molecule has 0 fully saturated rings. The van der Waals surface area contributed by atoms with Crippen molar-refractivity contribution < 1.29 is 4.84 Å². The Kier molecular flexibility index (Phi) is 3.92. The van der Waals surface area contributed by atoms with Crippen LogP contribution in [0.2, 0.25) is 0 Å². The summed E-state index contributed by atoms with van der Waals surface area (Å²) in [6.45, 7) is 2.55. The molecule has 1 aromatic rings. The van der Waals surface area contributed by atoms with Gasteiger partial charge in [-0.15, -0.1) is 0 Å². The van der Waals surface area contributed by atoms with E-state index in [-0.39, 0.29) is 0 Å². The van der Waals surface area contributed by atoms with Crippen LogP contribution in [0.3, 0.4) is 0 Å². The third-order valence-electron chi connectivity index (χ3n) is 1.45. The van der Waals surface area contributed by atoms with Gasteiger partial charge in [0.15, 0.2) is 0 Å². The van der Waals surface area contributed by atoms with Gasteiger partial charge in [0.05, 0.1) is 0 Å². The molecule has 0 saturated carbocycles. The third kappa shape index (κ3) is 3.19. The zero-order valence-corrected chi connectivity index (χ0v) is 7.23. The number of hydrogen-bond donors (Lipinski definition) is 0. The summed E-state index contributed by atoms with van der Waals surface area (Å²) in [5.74, 6) is 0. The number of rotatable bonds is 4. The summed E-state index contributed by atoms with van der Waals surface area (Å²) >= 11 is 0. The molecular formula is C10H13NO. The molecule has 2 nitrogen and oxygen atoms in total. The lowest BCUT2D eigenvalue weighted by Gasteiger charge is -1.93. The number of oxime groups is 1. The van der Waals surface area contributed by atoms with Gasteiger partial charge in [-0.25, -0.2) is 0 Å². The van der Waals surface area contributed by atoms with Crippen LogP contribution in [0.25, 0.3) is 0 Å². The Hall–Kier alpha value is -1.31. The Balaban J connectivity index is 2.33. The van der Waals surface area contributed by atoms with Crippen molar-refractivity contribution >= 4 is 6.21 Å². The molecule has 0 bridgehead atoms. The molecule has 0 amide bonds. The van der Waals surface area contributed by atoms with E-state index in [1.165, 1.54) is 5.56 Å². The molecule has 1 aromatic carbocycles. The Bertz CT molecular complexity index is 231. The highest BCUT2D eigenvalue weighted by molar-refractivity contribution is 5.60. The normalized spacial score (nSPS) is 10.4. The molecular weight excluding hydrogens is 150 g/mol. The van der Waals surface area contributed by atoms with Crippen LogP contribution >= 0.6 is 0 Å². The number of hydrogen-bond acceptors (Lipinski definition) is 2. The van der Waals surface area contributed by atoms with Crippen LogP contribution in [-0.4, -0.2) is 12.8 Å². The quantitative estimate of drug-likeness (QED) is 0.492. The maximum absolute atomic E-state index is 4.82. The van der Waals surface area contributed by atoms with Crippen molar-refractivity contribution in [1.29, 1.82) is 0 Å². The van der Waals surface area contributed by atoms with Gasteiger partial charge in [-0.2, -0.15) is 0 Å². The average Bonchev–Trinajstić information content (AvgIpc) is 2.14. The Morgan fingerprint density at radius 2 is 2.08 bits per heavy atom. The molecule has 2 heteroatoms. The van der Waals surface area contributed by atoms with Crippen LogP contribution in [0.4, 0.5) is 0 Å². The predicted molar refractivity (Wildman–Crippen MR) is 50.3 cm³/mol. The van der Waals surface area contributed by atoms with E-state index in [1.807, 2.05) is 25.1 Å². The SMILES string of the molecule is CCON=CCc1ccccc1. The van der Waals surface area contributed by atoms with Gasteiger partial charge in [-0.1, -0.05) is 35.5 Å². The summed E-state index contributed by atoms with van der Waals surface area (Å²) in [4.78, 5) is 4.82. The summed E-state index contributed by atoms with van der Waals surface area (Å²) in [6.07, 6.45) is 2.61. The first-order chi connectivity index (χ1) is 5.93. The standard InChI is InChI=1S/C10H13NO/c1-2-12-11-9-8-10-6-4-3-5-7-10/h3-7,9H,2,8H2,1H3. The first kappa shape index (κ1) is 8.78. The van der Waals surface area contributed by atoms with Crippen molar-refractivity contribution in [3.8, 4) is 0 Å². The second-order valence-electron chi connectivity index (χ2n) is 2.40. The average molecular weight is 163 g/mol. The number of nitrogens with zero attached hydrogens (tertiary/aromatic N) is 1. The molecule has 0 N–H and O–H groups in total. The molecule has 12 heavy (non-hydrogen) atoms. The second kappa shape index (κ2) is 5.35. The minimum Gasteiger partial charge on any atom is -0.396 e. The molecule has 1 rings (SSSR count). The van der Waals surface area contributed by atoms with Crippen molar-refractivity contribution in [2.24, 2.45) is 5.16 Å². The summed E-state index contributed by atoms with van der Waals surface area (Å²) < 4.78 is 0. The molecule has 0 unspecified atom stereocenters. The maximum atomic E-state index is 4.82. The van der Waals surface area contributed by atoms with E-state index in [4.69, 9.17) is 4.84 Å². The van der Waals surface area contributed by atoms with Crippen LogP contribution in [0.1, 0.15) is 12.5 Å². The number of benzene rings is 1. The van der Waals surface area contributed by atoms with Crippen molar-refractivity contribution in [3.05, 3.63) is 35.9 Å². The van der Waals surface area contributed by atoms with E-state index >= 15 is 0 Å². The Morgan fingerprint density at radius 1 is 1.33 bits per heavy atom. The van der Waals surface area contributed by atoms with Crippen molar-refractivity contribution in [1.82, 2.24) is 0 Å². The summed E-state index contributed by atoms with van der Waals surface area (Å²) in [6, 6.07) is 10.2. The Morgan fingerprint density at radius 3 is 2.75 bits per heavy atom. The fourth-order valence-electron chi connectivity index (χ4n) is 0.884. The van der Waals surface area contributed by atoms with Crippen LogP contribution < -0.4 is 0 Å². The van der Waals surface area contributed by atoms with Crippen LogP contribution in [-0.2, 0) is 11.3 Å². The highest BCUT2D eigenvalue weighted by Crippen LogP contribution is 1.97. The van der Waals surface area contributed by atoms with E-state index < -0.39 is 0 Å². The minimum absolute atomic E-state index is 0.630. The second-order valence-corrected chi connectivity index (χ2v) is 2.40. The lowest BCUT2D eigenvalue weighted by Crippen LogP contribution is -1.86. The lowest BCUT2D eigenvalue weighted by molar-refractivity contribution is 0.160. The van der Waals surface area contributed by atoms with E-state index in [0.29, 0.717) is 6.61 Å². The van der Waals surface area contributed by atoms with Gasteiger partial charge in [0.1, 0.15) is 6.61 Å². The maximum Gasteiger partial charge on any atom is 0.114 e. The van der Waals surface area contributed by atoms with Crippen LogP contribution in [0, 0.1) is 0 Å². The van der Waals surface area contributed by atoms with Gasteiger partial charge in [0.25, 0.3) is 0 Å². The zero-order valence-electron chi connectivity index (χ0n) is 7.23. The first-order valence-corrected chi connectivity index (χ1v) is 4.11. The van der Waals surface area contributed by atoms with Gasteiger partial charge in [0, 0.05) is 12.6 Å². The van der Waals surface area contributed by atoms with Crippen LogP contribution in [0.5, 0.6) is 0 Å². The van der Waals surface area contributed by atoms with Crippen molar-refractivity contribution in [2.75, 3.05) is 6.61 Å². The lowest BCUT2D eigenvalue weighted by atomic mass is 10.2. The largest absolute Gasteiger partial charge is 0.396 e. The Labute approximate surface area is 72.9 Å². The molecule has 0 aliphatic rings. The fraction of sp³-hybridized carbons (Fsp3) is 0.300. The summed E-state index contributed by atoms with van der Waals surface area (Å²) in [5, 5.41) is 3.76. The summed E-state index contributed by atoms with van der Waals surface area (Å²) in [5.41, 5.74) is 1.25. The van der Waals surface area contributed by atoms with Gasteiger partial charge < -0.3 is 4.84 Å². The molecule has 0 aromatic heterocycles. The van der Waals surface area contributed by atoms with Crippen LogP contribution in [0.15, 0.2) is 35.5 Å². The monoisotopic (exact) mass is 163 g/mol. The highest BCUT2D eigenvalue weighted by Gasteiger charge is 1.85. The fourth-order valence-corrected chi connectivity index (χ4v) is 0.884. The van der Waals surface area contributed by atoms with E-state index in [2.05, 4.69) is 17.3 Å². The summed E-state index contributed by atoms with van der Waals surface area (Å²) in [7, 11) is 0. The zero-order chi connectivity index (χ0) is 8.65. The molecule has 0 atom stereocenters. The molecule has 0 aliphatic carbocycles. The first-order valence-electron chi connectivity index (χ1n) is 4.11. The van der Waals surface area contributed by atoms with E-state index in [9.17, 15) is 0 Å².